The van der Waals surface area contributed by atoms with Gasteiger partial charge in [-0.1, -0.05) is 37.3 Å². The number of aryl methyl sites for hydroxylation is 1. The van der Waals surface area contributed by atoms with Gasteiger partial charge in [0.1, 0.15) is 0 Å². The SMILES string of the molecule is C=CC[C@@]1(C)CCCc2ccccc2C1=O. The first-order valence-electron chi connectivity index (χ1n) is 5.91. The number of carbonyl (C=O) groups is 1. The van der Waals surface area contributed by atoms with Gasteiger partial charge in [-0.2, -0.15) is 0 Å². The van der Waals surface area contributed by atoms with Gasteiger partial charge in [-0.3, -0.25) is 4.79 Å². The van der Waals surface area contributed by atoms with E-state index < -0.39 is 0 Å². The minimum atomic E-state index is -0.242. The van der Waals surface area contributed by atoms with E-state index in [-0.39, 0.29) is 5.41 Å². The summed E-state index contributed by atoms with van der Waals surface area (Å²) in [4.78, 5) is 12.5. The van der Waals surface area contributed by atoms with Crippen LogP contribution >= 0.6 is 0 Å². The van der Waals surface area contributed by atoms with E-state index in [0.717, 1.165) is 31.2 Å². The van der Waals surface area contributed by atoms with Crippen molar-refractivity contribution in [2.75, 3.05) is 0 Å². The fraction of sp³-hybridized carbons (Fsp3) is 0.400. The number of ketones is 1. The molecule has 1 aliphatic rings. The molecule has 0 bridgehead atoms. The van der Waals surface area contributed by atoms with Crippen LogP contribution in [0.25, 0.3) is 0 Å². The number of hydrogen-bond donors (Lipinski definition) is 0. The third kappa shape index (κ3) is 1.82. The Morgan fingerprint density at radius 2 is 2.19 bits per heavy atom. The molecule has 1 nitrogen and oxygen atoms in total. The molecule has 0 aliphatic heterocycles. The topological polar surface area (TPSA) is 17.1 Å². The zero-order valence-corrected chi connectivity index (χ0v) is 9.83. The summed E-state index contributed by atoms with van der Waals surface area (Å²) >= 11 is 0. The van der Waals surface area contributed by atoms with Gasteiger partial charge in [-0.05, 0) is 31.2 Å². The normalized spacial score (nSPS) is 24.7. The fourth-order valence-corrected chi connectivity index (χ4v) is 2.58. The minimum absolute atomic E-state index is 0.242. The van der Waals surface area contributed by atoms with E-state index in [1.54, 1.807) is 0 Å². The second-order valence-corrected chi connectivity index (χ2v) is 4.89. The molecule has 0 aromatic heterocycles. The molecule has 0 N–H and O–H groups in total. The Kier molecular flexibility index (Phi) is 2.95. The standard InChI is InChI=1S/C15H18O/c1-3-10-15(2)11-6-8-12-7-4-5-9-13(12)14(15)16/h3-5,7,9H,1,6,8,10-11H2,2H3/t15-/m0/s1. The van der Waals surface area contributed by atoms with Crippen LogP contribution in [0, 0.1) is 5.41 Å². The van der Waals surface area contributed by atoms with E-state index >= 15 is 0 Å². The van der Waals surface area contributed by atoms with Crippen molar-refractivity contribution in [1.29, 1.82) is 0 Å². The largest absolute Gasteiger partial charge is 0.294 e. The Morgan fingerprint density at radius 3 is 2.94 bits per heavy atom. The van der Waals surface area contributed by atoms with Crippen molar-refractivity contribution >= 4 is 5.78 Å². The molecule has 1 heteroatoms. The summed E-state index contributed by atoms with van der Waals surface area (Å²) < 4.78 is 0. The molecule has 0 spiro atoms. The average Bonchev–Trinajstić information content (AvgIpc) is 2.40. The first-order chi connectivity index (χ1) is 7.67. The summed E-state index contributed by atoms with van der Waals surface area (Å²) in [5, 5.41) is 0. The van der Waals surface area contributed by atoms with Gasteiger partial charge in [0.2, 0.25) is 0 Å². The Hall–Kier alpha value is -1.37. The maximum atomic E-state index is 12.5. The number of hydrogen-bond acceptors (Lipinski definition) is 1. The fourth-order valence-electron chi connectivity index (χ4n) is 2.58. The van der Waals surface area contributed by atoms with Crippen molar-refractivity contribution in [2.45, 2.75) is 32.6 Å². The van der Waals surface area contributed by atoms with Crippen LogP contribution in [0.1, 0.15) is 42.1 Å². The monoisotopic (exact) mass is 214 g/mol. The second-order valence-electron chi connectivity index (χ2n) is 4.89. The third-order valence-electron chi connectivity index (χ3n) is 3.58. The van der Waals surface area contributed by atoms with Crippen LogP contribution in [-0.4, -0.2) is 5.78 Å². The van der Waals surface area contributed by atoms with E-state index in [2.05, 4.69) is 19.6 Å². The van der Waals surface area contributed by atoms with Gasteiger partial charge in [-0.25, -0.2) is 0 Å². The highest BCUT2D eigenvalue weighted by atomic mass is 16.1. The van der Waals surface area contributed by atoms with Crippen molar-refractivity contribution in [2.24, 2.45) is 5.41 Å². The molecule has 1 aromatic rings. The number of Topliss-reactive ketones (excluding diaryl/α,β-unsaturated/α-hetero) is 1. The summed E-state index contributed by atoms with van der Waals surface area (Å²) in [5.41, 5.74) is 1.89. The Labute approximate surface area is 97.2 Å². The maximum Gasteiger partial charge on any atom is 0.169 e. The van der Waals surface area contributed by atoms with Crippen molar-refractivity contribution in [1.82, 2.24) is 0 Å². The lowest BCUT2D eigenvalue weighted by molar-refractivity contribution is 0.0809. The quantitative estimate of drug-likeness (QED) is 0.540. The average molecular weight is 214 g/mol. The van der Waals surface area contributed by atoms with Crippen LogP contribution in [-0.2, 0) is 6.42 Å². The summed E-state index contributed by atoms with van der Waals surface area (Å²) in [6, 6.07) is 8.01. The molecule has 2 rings (SSSR count). The van der Waals surface area contributed by atoms with Crippen LogP contribution < -0.4 is 0 Å². The van der Waals surface area contributed by atoms with Crippen LogP contribution in [0.5, 0.6) is 0 Å². The number of rotatable bonds is 2. The summed E-state index contributed by atoms with van der Waals surface area (Å²) in [6.07, 6.45) is 5.72. The van der Waals surface area contributed by atoms with Crippen LogP contribution in [0.15, 0.2) is 36.9 Å². The highest BCUT2D eigenvalue weighted by Gasteiger charge is 2.35. The van der Waals surface area contributed by atoms with Gasteiger partial charge in [-0.15, -0.1) is 6.58 Å². The van der Waals surface area contributed by atoms with Crippen LogP contribution in [0.2, 0.25) is 0 Å². The van der Waals surface area contributed by atoms with E-state index in [1.807, 2.05) is 24.3 Å². The van der Waals surface area contributed by atoms with Crippen molar-refractivity contribution in [3.63, 3.8) is 0 Å². The summed E-state index contributed by atoms with van der Waals surface area (Å²) in [6.45, 7) is 5.84. The van der Waals surface area contributed by atoms with Gasteiger partial charge >= 0.3 is 0 Å². The molecule has 0 heterocycles. The number of fused-ring (bicyclic) bond motifs is 1. The molecule has 0 saturated heterocycles. The first-order valence-corrected chi connectivity index (χ1v) is 5.91. The molecule has 1 aliphatic carbocycles. The molecule has 16 heavy (non-hydrogen) atoms. The Bertz CT molecular complexity index is 419. The lowest BCUT2D eigenvalue weighted by Crippen LogP contribution is -2.26. The molecule has 0 fully saturated rings. The molecule has 1 aromatic carbocycles. The minimum Gasteiger partial charge on any atom is -0.294 e. The van der Waals surface area contributed by atoms with E-state index in [9.17, 15) is 4.79 Å². The van der Waals surface area contributed by atoms with E-state index in [0.29, 0.717) is 5.78 Å². The second kappa shape index (κ2) is 4.25. The molecule has 84 valence electrons. The molecule has 0 amide bonds. The lowest BCUT2D eigenvalue weighted by Gasteiger charge is -2.25. The molecule has 0 saturated carbocycles. The van der Waals surface area contributed by atoms with Crippen molar-refractivity contribution in [3.05, 3.63) is 48.0 Å². The van der Waals surface area contributed by atoms with Gasteiger partial charge in [0.25, 0.3) is 0 Å². The van der Waals surface area contributed by atoms with Gasteiger partial charge in [0, 0.05) is 11.0 Å². The smallest absolute Gasteiger partial charge is 0.169 e. The van der Waals surface area contributed by atoms with E-state index in [4.69, 9.17) is 0 Å². The number of allylic oxidation sites excluding steroid dienone is 1. The molecule has 0 unspecified atom stereocenters. The molecular weight excluding hydrogens is 196 g/mol. The van der Waals surface area contributed by atoms with Crippen molar-refractivity contribution in [3.8, 4) is 0 Å². The Balaban J connectivity index is 2.44. The number of carbonyl (C=O) groups excluding carboxylic acids is 1. The molecule has 0 radical (unpaired) electrons. The van der Waals surface area contributed by atoms with Gasteiger partial charge in [0.15, 0.2) is 5.78 Å². The van der Waals surface area contributed by atoms with Crippen LogP contribution in [0.3, 0.4) is 0 Å². The zero-order valence-electron chi connectivity index (χ0n) is 9.83. The predicted molar refractivity (Wildman–Crippen MR) is 66.6 cm³/mol. The first kappa shape index (κ1) is 11.1. The summed E-state index contributed by atoms with van der Waals surface area (Å²) in [7, 11) is 0. The predicted octanol–water partition coefficient (Wildman–Crippen LogP) is 3.79. The lowest BCUT2D eigenvalue weighted by atomic mass is 9.77. The third-order valence-corrected chi connectivity index (χ3v) is 3.58. The summed E-state index contributed by atoms with van der Waals surface area (Å²) in [5.74, 6) is 0.292. The molecule has 1 atom stereocenters. The molecular formula is C15H18O. The van der Waals surface area contributed by atoms with Crippen molar-refractivity contribution < 1.29 is 4.79 Å². The maximum absolute atomic E-state index is 12.5. The van der Waals surface area contributed by atoms with E-state index in [1.165, 1.54) is 5.56 Å². The van der Waals surface area contributed by atoms with Gasteiger partial charge < -0.3 is 0 Å². The van der Waals surface area contributed by atoms with Gasteiger partial charge in [0.05, 0.1) is 0 Å². The Morgan fingerprint density at radius 1 is 1.44 bits per heavy atom. The zero-order chi connectivity index (χ0) is 11.6. The highest BCUT2D eigenvalue weighted by Crippen LogP contribution is 2.36. The van der Waals surface area contributed by atoms with Crippen LogP contribution in [0.4, 0.5) is 0 Å². The number of benzene rings is 1. The highest BCUT2D eigenvalue weighted by molar-refractivity contribution is 6.01.